The number of rotatable bonds is 4. The lowest BCUT2D eigenvalue weighted by Crippen LogP contribution is -2.52. The number of aryl methyl sites for hydroxylation is 1. The molecule has 2 rings (SSSR count). The molecule has 0 unspecified atom stereocenters. The molecule has 2 amide bonds. The number of carbonyl (C=O) groups is 3. The van der Waals surface area contributed by atoms with Gasteiger partial charge in [0.05, 0.1) is 6.54 Å². The number of hydrogen-bond acceptors (Lipinski definition) is 4. The van der Waals surface area contributed by atoms with Crippen LogP contribution in [0.1, 0.15) is 26.3 Å². The molecule has 25 heavy (non-hydrogen) atoms. The Morgan fingerprint density at radius 3 is 2.28 bits per heavy atom. The molecule has 0 aliphatic carbocycles. The van der Waals surface area contributed by atoms with E-state index in [0.717, 1.165) is 18.8 Å². The van der Waals surface area contributed by atoms with Crippen molar-refractivity contribution in [2.75, 3.05) is 37.6 Å². The van der Waals surface area contributed by atoms with Gasteiger partial charge in [0.2, 0.25) is 11.7 Å². The summed E-state index contributed by atoms with van der Waals surface area (Å²) in [5.74, 6) is -1.36. The van der Waals surface area contributed by atoms with Crippen LogP contribution in [0.15, 0.2) is 24.3 Å². The molecule has 1 saturated heterocycles. The van der Waals surface area contributed by atoms with Gasteiger partial charge in [0, 0.05) is 37.3 Å². The smallest absolute Gasteiger partial charge is 0.288 e. The fourth-order valence-electron chi connectivity index (χ4n) is 2.73. The highest BCUT2D eigenvalue weighted by atomic mass is 16.2. The molecule has 0 bridgehead atoms. The summed E-state index contributed by atoms with van der Waals surface area (Å²) in [5, 5.41) is 2.44. The molecule has 1 heterocycles. The molecule has 1 N–H and O–H groups in total. The lowest BCUT2D eigenvalue weighted by Gasteiger charge is -2.36. The maximum absolute atomic E-state index is 12.3. The van der Waals surface area contributed by atoms with E-state index >= 15 is 0 Å². The van der Waals surface area contributed by atoms with Crippen LogP contribution in [0, 0.1) is 12.3 Å². The minimum Gasteiger partial charge on any atom is -0.368 e. The summed E-state index contributed by atoms with van der Waals surface area (Å²) in [6.07, 6.45) is 0. The van der Waals surface area contributed by atoms with Crippen molar-refractivity contribution in [2.45, 2.75) is 27.7 Å². The quantitative estimate of drug-likeness (QED) is 0.837. The van der Waals surface area contributed by atoms with Crippen molar-refractivity contribution in [3.8, 4) is 0 Å². The van der Waals surface area contributed by atoms with Gasteiger partial charge in [-0.15, -0.1) is 0 Å². The van der Waals surface area contributed by atoms with E-state index in [0.29, 0.717) is 13.1 Å². The molecule has 1 aliphatic rings. The highest BCUT2D eigenvalue weighted by molar-refractivity contribution is 6.38. The Hall–Kier alpha value is -2.37. The zero-order valence-electron chi connectivity index (χ0n) is 15.5. The molecule has 1 fully saturated rings. The van der Waals surface area contributed by atoms with E-state index in [4.69, 9.17) is 0 Å². The van der Waals surface area contributed by atoms with E-state index in [1.165, 1.54) is 5.56 Å². The van der Waals surface area contributed by atoms with Crippen molar-refractivity contribution in [3.63, 3.8) is 0 Å². The minimum atomic E-state index is -0.743. The van der Waals surface area contributed by atoms with E-state index in [1.807, 2.05) is 6.07 Å². The van der Waals surface area contributed by atoms with Gasteiger partial charge in [-0.2, -0.15) is 0 Å². The average molecular weight is 345 g/mol. The Bertz CT molecular complexity index is 656. The SMILES string of the molecule is Cc1cccc(N2CCN(C(=O)CNC(=O)C(=O)C(C)(C)C)CC2)c1. The molecule has 0 saturated carbocycles. The molecule has 6 heteroatoms. The Morgan fingerprint density at radius 1 is 1.08 bits per heavy atom. The van der Waals surface area contributed by atoms with Gasteiger partial charge >= 0.3 is 0 Å². The number of amides is 2. The fourth-order valence-corrected chi connectivity index (χ4v) is 2.73. The maximum atomic E-state index is 12.3. The molecule has 1 aromatic rings. The second kappa shape index (κ2) is 7.68. The van der Waals surface area contributed by atoms with Crippen molar-refractivity contribution in [3.05, 3.63) is 29.8 Å². The summed E-state index contributed by atoms with van der Waals surface area (Å²) in [4.78, 5) is 39.9. The Kier molecular flexibility index (Phi) is 5.82. The Balaban J connectivity index is 1.81. The summed E-state index contributed by atoms with van der Waals surface area (Å²) in [5.41, 5.74) is 1.63. The lowest BCUT2D eigenvalue weighted by molar-refractivity contribution is -0.143. The molecule has 6 nitrogen and oxygen atoms in total. The van der Waals surface area contributed by atoms with Crippen LogP contribution in [0.3, 0.4) is 0 Å². The first-order valence-electron chi connectivity index (χ1n) is 8.60. The van der Waals surface area contributed by atoms with Crippen LogP contribution in [0.5, 0.6) is 0 Å². The minimum absolute atomic E-state index is 0.134. The number of Topliss-reactive ketones (excluding diaryl/α,β-unsaturated/α-hetero) is 1. The largest absolute Gasteiger partial charge is 0.368 e. The first-order valence-corrected chi connectivity index (χ1v) is 8.60. The number of anilines is 1. The first kappa shape index (κ1) is 19.0. The number of hydrogen-bond donors (Lipinski definition) is 1. The summed E-state index contributed by atoms with van der Waals surface area (Å²) in [7, 11) is 0. The zero-order valence-corrected chi connectivity index (χ0v) is 15.5. The van der Waals surface area contributed by atoms with Crippen molar-refractivity contribution >= 4 is 23.3 Å². The summed E-state index contributed by atoms with van der Waals surface area (Å²) >= 11 is 0. The summed E-state index contributed by atoms with van der Waals surface area (Å²) < 4.78 is 0. The normalized spacial score (nSPS) is 15.0. The lowest BCUT2D eigenvalue weighted by atomic mass is 9.90. The van der Waals surface area contributed by atoms with Crippen LogP contribution in [0.2, 0.25) is 0 Å². The van der Waals surface area contributed by atoms with Crippen molar-refractivity contribution in [2.24, 2.45) is 5.41 Å². The van der Waals surface area contributed by atoms with Gasteiger partial charge in [-0.3, -0.25) is 14.4 Å². The van der Waals surface area contributed by atoms with Gasteiger partial charge < -0.3 is 15.1 Å². The number of ketones is 1. The van der Waals surface area contributed by atoms with Crippen molar-refractivity contribution < 1.29 is 14.4 Å². The fraction of sp³-hybridized carbons (Fsp3) is 0.526. The van der Waals surface area contributed by atoms with E-state index in [1.54, 1.807) is 25.7 Å². The van der Waals surface area contributed by atoms with Gasteiger partial charge in [-0.1, -0.05) is 32.9 Å². The van der Waals surface area contributed by atoms with Crippen molar-refractivity contribution in [1.29, 1.82) is 0 Å². The van der Waals surface area contributed by atoms with Gasteiger partial charge in [0.25, 0.3) is 5.91 Å². The first-order chi connectivity index (χ1) is 11.7. The number of nitrogens with zero attached hydrogens (tertiary/aromatic N) is 2. The van der Waals surface area contributed by atoms with E-state index in [9.17, 15) is 14.4 Å². The third-order valence-electron chi connectivity index (χ3n) is 4.29. The van der Waals surface area contributed by atoms with Crippen molar-refractivity contribution in [1.82, 2.24) is 10.2 Å². The Morgan fingerprint density at radius 2 is 1.72 bits per heavy atom. The highest BCUT2D eigenvalue weighted by Gasteiger charge is 2.29. The predicted molar refractivity (Wildman–Crippen MR) is 97.4 cm³/mol. The zero-order chi connectivity index (χ0) is 18.6. The number of benzene rings is 1. The second-order valence-electron chi connectivity index (χ2n) is 7.47. The molecular formula is C19H27N3O3. The van der Waals surface area contributed by atoms with E-state index in [2.05, 4.69) is 35.3 Å². The van der Waals surface area contributed by atoms with E-state index < -0.39 is 17.1 Å². The van der Waals surface area contributed by atoms with E-state index in [-0.39, 0.29) is 12.5 Å². The number of piperazine rings is 1. The third kappa shape index (κ3) is 5.05. The molecule has 1 aromatic carbocycles. The monoisotopic (exact) mass is 345 g/mol. The van der Waals surface area contributed by atoms with Crippen LogP contribution in [-0.2, 0) is 14.4 Å². The average Bonchev–Trinajstić information content (AvgIpc) is 2.58. The molecular weight excluding hydrogens is 318 g/mol. The molecule has 136 valence electrons. The van der Waals surface area contributed by atoms with Gasteiger partial charge in [0.1, 0.15) is 0 Å². The molecule has 0 atom stereocenters. The highest BCUT2D eigenvalue weighted by Crippen LogP contribution is 2.18. The standard InChI is InChI=1S/C19H27N3O3/c1-14-6-5-7-15(12-14)21-8-10-22(11-9-21)16(23)13-20-18(25)17(24)19(2,3)4/h5-7,12H,8-11,13H2,1-4H3,(H,20,25). The molecule has 0 radical (unpaired) electrons. The van der Waals surface area contributed by atoms with Gasteiger partial charge in [-0.05, 0) is 24.6 Å². The van der Waals surface area contributed by atoms with Crippen LogP contribution >= 0.6 is 0 Å². The topological polar surface area (TPSA) is 69.7 Å². The second-order valence-corrected chi connectivity index (χ2v) is 7.47. The third-order valence-corrected chi connectivity index (χ3v) is 4.29. The number of carbonyl (C=O) groups excluding carboxylic acids is 3. The number of nitrogens with one attached hydrogen (secondary N) is 1. The maximum Gasteiger partial charge on any atom is 0.288 e. The predicted octanol–water partition coefficient (Wildman–Crippen LogP) is 1.38. The summed E-state index contributed by atoms with van der Waals surface area (Å²) in [6.45, 7) is 9.69. The van der Waals surface area contributed by atoms with Crippen LogP contribution in [-0.4, -0.2) is 55.2 Å². The molecule has 1 aliphatic heterocycles. The van der Waals surface area contributed by atoms with Gasteiger partial charge in [0.15, 0.2) is 0 Å². The van der Waals surface area contributed by atoms with Crippen LogP contribution in [0.25, 0.3) is 0 Å². The van der Waals surface area contributed by atoms with Crippen LogP contribution < -0.4 is 10.2 Å². The van der Waals surface area contributed by atoms with Crippen LogP contribution in [0.4, 0.5) is 5.69 Å². The Labute approximate surface area is 149 Å². The summed E-state index contributed by atoms with van der Waals surface area (Å²) in [6, 6.07) is 8.30. The van der Waals surface area contributed by atoms with Gasteiger partial charge in [-0.25, -0.2) is 0 Å². The molecule has 0 spiro atoms. The molecule has 0 aromatic heterocycles.